The van der Waals surface area contributed by atoms with E-state index >= 15 is 0 Å². The average molecular weight is 276 g/mol. The Kier molecular flexibility index (Phi) is 2.98. The predicted molar refractivity (Wildman–Crippen MR) is 87.4 cm³/mol. The van der Waals surface area contributed by atoms with Crippen LogP contribution in [0.2, 0.25) is 6.82 Å². The fourth-order valence-electron chi connectivity index (χ4n) is 3.28. The van der Waals surface area contributed by atoms with E-state index < -0.39 is 0 Å². The van der Waals surface area contributed by atoms with Gasteiger partial charge >= 0.3 is 7.12 Å². The second kappa shape index (κ2) is 4.87. The monoisotopic (exact) mass is 276 g/mol. The average Bonchev–Trinajstić information content (AvgIpc) is 2.85. The summed E-state index contributed by atoms with van der Waals surface area (Å²) in [6, 6.07) is 19.5. The maximum atomic E-state index is 5.87. The summed E-state index contributed by atoms with van der Waals surface area (Å²) in [6.45, 7) is 4.02. The molecule has 4 rings (SSSR count). The van der Waals surface area contributed by atoms with Crippen molar-refractivity contribution in [3.05, 3.63) is 60.2 Å². The third-order valence-corrected chi connectivity index (χ3v) is 4.27. The summed E-state index contributed by atoms with van der Waals surface area (Å²) in [5.41, 5.74) is 1.19. The minimum Gasteiger partial charge on any atom is -0.406 e. The van der Waals surface area contributed by atoms with Crippen molar-refractivity contribution < 1.29 is 9.31 Å². The van der Waals surface area contributed by atoms with Crippen LogP contribution in [-0.4, -0.2) is 13.2 Å². The molecule has 104 valence electrons. The summed E-state index contributed by atoms with van der Waals surface area (Å²) in [7, 11) is -0.127. The highest BCUT2D eigenvalue weighted by Crippen LogP contribution is 2.34. The largest absolute Gasteiger partial charge is 0.454 e. The van der Waals surface area contributed by atoms with E-state index in [-0.39, 0.29) is 19.3 Å². The van der Waals surface area contributed by atoms with Gasteiger partial charge in [0.2, 0.25) is 0 Å². The van der Waals surface area contributed by atoms with Crippen LogP contribution in [-0.2, 0) is 9.31 Å². The molecule has 2 unspecified atom stereocenters. The third-order valence-electron chi connectivity index (χ3n) is 4.27. The van der Waals surface area contributed by atoms with Crippen molar-refractivity contribution in [3.63, 3.8) is 0 Å². The Hall–Kier alpha value is -1.84. The lowest BCUT2D eigenvalue weighted by Gasteiger charge is -2.16. The molecule has 2 nitrogen and oxygen atoms in total. The van der Waals surface area contributed by atoms with Crippen LogP contribution in [0.1, 0.15) is 18.6 Å². The van der Waals surface area contributed by atoms with E-state index in [0.717, 1.165) is 0 Å². The SMILES string of the molecule is CB1OC(C)C(c2ccc3c(ccc4ccccc43)c2)O1. The molecule has 0 N–H and O–H groups in total. The van der Waals surface area contributed by atoms with Crippen molar-refractivity contribution in [1.29, 1.82) is 0 Å². The molecule has 0 spiro atoms. The number of hydrogen-bond acceptors (Lipinski definition) is 2. The normalized spacial score (nSPS) is 22.3. The van der Waals surface area contributed by atoms with E-state index in [4.69, 9.17) is 9.31 Å². The maximum absolute atomic E-state index is 5.87. The molecule has 0 aliphatic carbocycles. The second-order valence-corrected chi connectivity index (χ2v) is 5.73. The molecule has 1 heterocycles. The molecule has 0 amide bonds. The fourth-order valence-corrected chi connectivity index (χ4v) is 3.28. The number of rotatable bonds is 1. The van der Waals surface area contributed by atoms with Crippen LogP contribution in [0.5, 0.6) is 0 Å². The smallest absolute Gasteiger partial charge is 0.406 e. The summed E-state index contributed by atoms with van der Waals surface area (Å²) in [5.74, 6) is 0. The van der Waals surface area contributed by atoms with Crippen molar-refractivity contribution >= 4 is 28.7 Å². The predicted octanol–water partition coefficient (Wildman–Crippen LogP) is 4.59. The first-order chi connectivity index (χ1) is 10.2. The molecule has 1 saturated heterocycles. The second-order valence-electron chi connectivity index (χ2n) is 5.73. The Labute approximate surface area is 124 Å². The van der Waals surface area contributed by atoms with E-state index in [1.807, 2.05) is 6.82 Å². The van der Waals surface area contributed by atoms with Gasteiger partial charge in [0.15, 0.2) is 0 Å². The molecule has 1 aliphatic heterocycles. The highest BCUT2D eigenvalue weighted by molar-refractivity contribution is 6.43. The Bertz CT molecular complexity index is 815. The van der Waals surface area contributed by atoms with E-state index in [9.17, 15) is 0 Å². The Morgan fingerprint density at radius 2 is 1.62 bits per heavy atom. The molecule has 3 aromatic carbocycles. The first-order valence-electron chi connectivity index (χ1n) is 7.45. The van der Waals surface area contributed by atoms with Crippen molar-refractivity contribution in [2.75, 3.05) is 0 Å². The summed E-state index contributed by atoms with van der Waals surface area (Å²) in [4.78, 5) is 0. The van der Waals surface area contributed by atoms with Crippen molar-refractivity contribution in [1.82, 2.24) is 0 Å². The van der Waals surface area contributed by atoms with Crippen LogP contribution in [0.3, 0.4) is 0 Å². The molecule has 0 bridgehead atoms. The molecule has 0 aromatic heterocycles. The molecule has 3 aromatic rings. The first kappa shape index (κ1) is 12.9. The van der Waals surface area contributed by atoms with Crippen molar-refractivity contribution in [3.8, 4) is 0 Å². The zero-order valence-electron chi connectivity index (χ0n) is 12.2. The van der Waals surface area contributed by atoms with E-state index in [0.29, 0.717) is 0 Å². The molecular weight excluding hydrogens is 259 g/mol. The van der Waals surface area contributed by atoms with Crippen LogP contribution in [0.15, 0.2) is 54.6 Å². The first-order valence-corrected chi connectivity index (χ1v) is 7.45. The molecule has 0 saturated carbocycles. The lowest BCUT2D eigenvalue weighted by molar-refractivity contribution is 0.173. The summed E-state index contributed by atoms with van der Waals surface area (Å²) in [6.07, 6.45) is 0.119. The minimum atomic E-state index is -0.127. The standard InChI is InChI=1S/C18H17BO2/c1-12-18(21-19(2)20-12)15-9-10-17-14(11-15)8-7-13-5-3-4-6-16(13)17/h3-12,18H,1-2H3. The number of hydrogen-bond donors (Lipinski definition) is 0. The van der Waals surface area contributed by atoms with Gasteiger partial charge < -0.3 is 9.31 Å². The number of benzene rings is 3. The van der Waals surface area contributed by atoms with Crippen LogP contribution in [0.25, 0.3) is 21.5 Å². The molecule has 3 heteroatoms. The van der Waals surface area contributed by atoms with Gasteiger partial charge in [-0.15, -0.1) is 0 Å². The molecule has 21 heavy (non-hydrogen) atoms. The summed E-state index contributed by atoms with van der Waals surface area (Å²) < 4.78 is 11.6. The molecule has 1 aliphatic rings. The van der Waals surface area contributed by atoms with Gasteiger partial charge in [0.1, 0.15) is 0 Å². The molecule has 0 radical (unpaired) electrons. The fraction of sp³-hybridized carbons (Fsp3) is 0.222. The van der Waals surface area contributed by atoms with E-state index in [1.165, 1.54) is 27.1 Å². The van der Waals surface area contributed by atoms with E-state index in [2.05, 4.69) is 61.5 Å². The maximum Gasteiger partial charge on any atom is 0.454 e. The van der Waals surface area contributed by atoms with Crippen molar-refractivity contribution in [2.45, 2.75) is 26.0 Å². The highest BCUT2D eigenvalue weighted by atomic mass is 16.6. The lowest BCUT2D eigenvalue weighted by Crippen LogP contribution is -2.10. The van der Waals surface area contributed by atoms with Crippen LogP contribution < -0.4 is 0 Å². The molecular formula is C18H17BO2. The van der Waals surface area contributed by atoms with Crippen molar-refractivity contribution in [2.24, 2.45) is 0 Å². The Morgan fingerprint density at radius 1 is 0.857 bits per heavy atom. The topological polar surface area (TPSA) is 18.5 Å². The van der Waals surface area contributed by atoms with Gasteiger partial charge in [0.25, 0.3) is 0 Å². The zero-order valence-corrected chi connectivity index (χ0v) is 12.2. The molecule has 2 atom stereocenters. The minimum absolute atomic E-state index is 0.0240. The highest BCUT2D eigenvalue weighted by Gasteiger charge is 2.34. The summed E-state index contributed by atoms with van der Waals surface area (Å²) >= 11 is 0. The summed E-state index contributed by atoms with van der Waals surface area (Å²) in [5, 5.41) is 5.12. The van der Waals surface area contributed by atoms with Crippen LogP contribution >= 0.6 is 0 Å². The third kappa shape index (κ3) is 2.13. The Balaban J connectivity index is 1.85. The zero-order chi connectivity index (χ0) is 14.4. The van der Waals surface area contributed by atoms with E-state index in [1.54, 1.807) is 0 Å². The quantitative estimate of drug-likeness (QED) is 0.478. The van der Waals surface area contributed by atoms with Gasteiger partial charge in [-0.1, -0.05) is 48.5 Å². The van der Waals surface area contributed by atoms with Gasteiger partial charge in [-0.05, 0) is 46.9 Å². The van der Waals surface area contributed by atoms with Gasteiger partial charge in [0, 0.05) is 0 Å². The van der Waals surface area contributed by atoms with Crippen LogP contribution in [0, 0.1) is 0 Å². The van der Waals surface area contributed by atoms with Gasteiger partial charge in [-0.25, -0.2) is 0 Å². The van der Waals surface area contributed by atoms with Gasteiger partial charge in [-0.3, -0.25) is 0 Å². The lowest BCUT2D eigenvalue weighted by atomic mass is 9.96. The van der Waals surface area contributed by atoms with Gasteiger partial charge in [0.05, 0.1) is 12.2 Å². The van der Waals surface area contributed by atoms with Gasteiger partial charge in [-0.2, -0.15) is 0 Å². The molecule has 1 fully saturated rings. The Morgan fingerprint density at radius 3 is 2.43 bits per heavy atom. The number of fused-ring (bicyclic) bond motifs is 3. The van der Waals surface area contributed by atoms with Crippen LogP contribution in [0.4, 0.5) is 0 Å².